The Bertz CT molecular complexity index is 644. The van der Waals surface area contributed by atoms with Crippen LogP contribution in [0.5, 0.6) is 0 Å². The first kappa shape index (κ1) is 18.3. The monoisotopic (exact) mass is 357 g/mol. The molecule has 3 rings (SSSR count). The van der Waals surface area contributed by atoms with Crippen molar-refractivity contribution in [1.29, 1.82) is 0 Å². The highest BCUT2D eigenvalue weighted by molar-refractivity contribution is 7.15. The normalized spacial score (nSPS) is 23.3. The lowest BCUT2D eigenvalue weighted by atomic mass is 10.00. The van der Waals surface area contributed by atoms with E-state index in [-0.39, 0.29) is 25.4 Å². The topological polar surface area (TPSA) is 133 Å². The number of imidazole rings is 1. The van der Waals surface area contributed by atoms with Crippen molar-refractivity contribution < 1.29 is 29.6 Å². The number of fused-ring (bicyclic) bond motifs is 1. The number of ether oxygens (including phenoxy) is 1. The maximum Gasteiger partial charge on any atom is 0.290 e. The zero-order valence-electron chi connectivity index (χ0n) is 12.7. The first-order valence-corrected chi connectivity index (χ1v) is 8.15. The standard InChI is InChI=1S/C13H17N3O4S.CH2O2/c17-7-10-12(19)9(1-3-20-10)15-11(18)5-8-6-16-2-4-21-13(16)14-8;2-1-3/h2,4,6,9-10,12,17,19H,1,3,5,7H2,(H,15,18);1H,(H,2,3)/t9-,10+,12-;/m0./s1. The van der Waals surface area contributed by atoms with Gasteiger partial charge in [-0.3, -0.25) is 14.0 Å². The smallest absolute Gasteiger partial charge is 0.290 e. The second kappa shape index (κ2) is 8.73. The summed E-state index contributed by atoms with van der Waals surface area (Å²) in [7, 11) is 0. The van der Waals surface area contributed by atoms with Crippen LogP contribution in [0.4, 0.5) is 0 Å². The van der Waals surface area contributed by atoms with Crippen molar-refractivity contribution in [2.75, 3.05) is 13.2 Å². The zero-order chi connectivity index (χ0) is 17.5. The lowest BCUT2D eigenvalue weighted by molar-refractivity contribution is -0.131. The predicted molar refractivity (Wildman–Crippen MR) is 84.8 cm³/mol. The van der Waals surface area contributed by atoms with E-state index in [2.05, 4.69) is 10.3 Å². The van der Waals surface area contributed by atoms with Crippen molar-refractivity contribution in [3.05, 3.63) is 23.5 Å². The molecule has 2 aromatic rings. The fourth-order valence-corrected chi connectivity index (χ4v) is 3.20. The van der Waals surface area contributed by atoms with E-state index in [4.69, 9.17) is 19.7 Å². The molecule has 0 saturated carbocycles. The Morgan fingerprint density at radius 3 is 3.00 bits per heavy atom. The molecule has 0 spiro atoms. The minimum absolute atomic E-state index is 0.169. The summed E-state index contributed by atoms with van der Waals surface area (Å²) in [6.45, 7) is -0.0989. The van der Waals surface area contributed by atoms with E-state index in [1.165, 1.54) is 11.3 Å². The molecule has 10 heteroatoms. The van der Waals surface area contributed by atoms with E-state index in [0.717, 1.165) is 4.96 Å². The Balaban J connectivity index is 0.000000647. The maximum absolute atomic E-state index is 12.0. The molecule has 0 aromatic carbocycles. The van der Waals surface area contributed by atoms with Gasteiger partial charge in [0.25, 0.3) is 6.47 Å². The number of hydrogen-bond acceptors (Lipinski definition) is 7. The molecule has 0 bridgehead atoms. The molecule has 1 saturated heterocycles. The van der Waals surface area contributed by atoms with E-state index in [1.807, 2.05) is 22.2 Å². The Hall–Kier alpha value is -2.01. The molecule has 3 atom stereocenters. The molecule has 0 aliphatic carbocycles. The average molecular weight is 357 g/mol. The van der Waals surface area contributed by atoms with Gasteiger partial charge < -0.3 is 25.4 Å². The number of carbonyl (C=O) groups is 2. The molecule has 2 aromatic heterocycles. The second-order valence-corrected chi connectivity index (χ2v) is 6.03. The summed E-state index contributed by atoms with van der Waals surface area (Å²) in [6.07, 6.45) is 2.88. The molecule has 24 heavy (non-hydrogen) atoms. The van der Waals surface area contributed by atoms with Gasteiger partial charge in [0.15, 0.2) is 4.96 Å². The molecule has 9 nitrogen and oxygen atoms in total. The third-order valence-electron chi connectivity index (χ3n) is 3.57. The van der Waals surface area contributed by atoms with Crippen LogP contribution in [0.3, 0.4) is 0 Å². The zero-order valence-corrected chi connectivity index (χ0v) is 13.6. The van der Waals surface area contributed by atoms with Gasteiger partial charge in [-0.25, -0.2) is 4.98 Å². The average Bonchev–Trinajstić information content (AvgIpc) is 3.11. The van der Waals surface area contributed by atoms with Crippen molar-refractivity contribution in [1.82, 2.24) is 14.7 Å². The van der Waals surface area contributed by atoms with Crippen LogP contribution < -0.4 is 5.32 Å². The molecular formula is C14H19N3O6S. The summed E-state index contributed by atoms with van der Waals surface area (Å²) in [5.74, 6) is -0.191. The summed E-state index contributed by atoms with van der Waals surface area (Å²) < 4.78 is 7.11. The SMILES string of the molecule is O=C(Cc1cn2ccsc2n1)N[C@H]1CCO[C@H](CO)[C@H]1O.O=CO. The van der Waals surface area contributed by atoms with Crippen LogP contribution in [-0.4, -0.2) is 68.5 Å². The molecule has 0 unspecified atom stereocenters. The van der Waals surface area contributed by atoms with Crippen LogP contribution in [-0.2, 0) is 20.7 Å². The number of rotatable bonds is 4. The molecule has 1 fully saturated rings. The van der Waals surface area contributed by atoms with E-state index in [1.54, 1.807) is 0 Å². The molecule has 1 aliphatic heterocycles. The van der Waals surface area contributed by atoms with Crippen molar-refractivity contribution in [3.8, 4) is 0 Å². The highest BCUT2D eigenvalue weighted by Gasteiger charge is 2.33. The number of nitrogens with zero attached hydrogens (tertiary/aromatic N) is 2. The Morgan fingerprint density at radius 1 is 1.58 bits per heavy atom. The highest BCUT2D eigenvalue weighted by atomic mass is 32.1. The van der Waals surface area contributed by atoms with E-state index >= 15 is 0 Å². The van der Waals surface area contributed by atoms with Crippen LogP contribution in [0.1, 0.15) is 12.1 Å². The quantitative estimate of drug-likeness (QED) is 0.530. The molecule has 3 heterocycles. The van der Waals surface area contributed by atoms with Gasteiger partial charge >= 0.3 is 0 Å². The van der Waals surface area contributed by atoms with Crippen molar-refractivity contribution in [2.45, 2.75) is 31.1 Å². The minimum atomic E-state index is -0.891. The van der Waals surface area contributed by atoms with E-state index < -0.39 is 18.2 Å². The predicted octanol–water partition coefficient (Wildman–Crippen LogP) is -0.734. The fourth-order valence-electron chi connectivity index (χ4n) is 2.48. The van der Waals surface area contributed by atoms with Crippen LogP contribution in [0.15, 0.2) is 17.8 Å². The van der Waals surface area contributed by atoms with Gasteiger partial charge in [-0.15, -0.1) is 11.3 Å². The summed E-state index contributed by atoms with van der Waals surface area (Å²) in [5.41, 5.74) is 0.694. The van der Waals surface area contributed by atoms with Crippen LogP contribution in [0.25, 0.3) is 4.96 Å². The Kier molecular flexibility index (Phi) is 6.67. The Labute approximate surface area is 141 Å². The van der Waals surface area contributed by atoms with Gasteiger partial charge in [-0.2, -0.15) is 0 Å². The third kappa shape index (κ3) is 4.51. The molecule has 1 aliphatic rings. The summed E-state index contributed by atoms with van der Waals surface area (Å²) in [6, 6.07) is -0.396. The first-order valence-electron chi connectivity index (χ1n) is 7.27. The first-order chi connectivity index (χ1) is 11.6. The number of aromatic nitrogens is 2. The van der Waals surface area contributed by atoms with Crippen LogP contribution in [0, 0.1) is 0 Å². The number of carboxylic acid groups (broad SMARTS) is 1. The van der Waals surface area contributed by atoms with Gasteiger partial charge in [0.2, 0.25) is 5.91 Å². The number of nitrogens with one attached hydrogen (secondary N) is 1. The lowest BCUT2D eigenvalue weighted by Crippen LogP contribution is -2.54. The lowest BCUT2D eigenvalue weighted by Gasteiger charge is -2.34. The van der Waals surface area contributed by atoms with Crippen molar-refractivity contribution in [3.63, 3.8) is 0 Å². The van der Waals surface area contributed by atoms with E-state index in [9.17, 15) is 9.90 Å². The molecule has 132 valence electrons. The summed E-state index contributed by atoms with van der Waals surface area (Å²) in [5, 5.41) is 30.7. The summed E-state index contributed by atoms with van der Waals surface area (Å²) >= 11 is 1.51. The molecular weight excluding hydrogens is 338 g/mol. The Morgan fingerprint density at radius 2 is 2.33 bits per heavy atom. The second-order valence-electron chi connectivity index (χ2n) is 5.15. The van der Waals surface area contributed by atoms with Crippen molar-refractivity contribution in [2.24, 2.45) is 0 Å². The van der Waals surface area contributed by atoms with Gasteiger partial charge in [0.1, 0.15) is 12.2 Å². The highest BCUT2D eigenvalue weighted by Crippen LogP contribution is 2.15. The fraction of sp³-hybridized carbons (Fsp3) is 0.500. The number of hydrogen-bond donors (Lipinski definition) is 4. The molecule has 4 N–H and O–H groups in total. The molecule has 0 radical (unpaired) electrons. The number of thiazole rings is 1. The van der Waals surface area contributed by atoms with Gasteiger partial charge in [-0.1, -0.05) is 0 Å². The number of aliphatic hydroxyl groups excluding tert-OH is 2. The largest absolute Gasteiger partial charge is 0.483 e. The van der Waals surface area contributed by atoms with Gasteiger partial charge in [-0.05, 0) is 6.42 Å². The van der Waals surface area contributed by atoms with Gasteiger partial charge in [0.05, 0.1) is 24.8 Å². The van der Waals surface area contributed by atoms with Gasteiger partial charge in [0, 0.05) is 24.4 Å². The number of amides is 1. The third-order valence-corrected chi connectivity index (χ3v) is 4.34. The van der Waals surface area contributed by atoms with Crippen LogP contribution >= 0.6 is 11.3 Å². The molecule has 1 amide bonds. The number of carbonyl (C=O) groups excluding carboxylic acids is 1. The number of aliphatic hydroxyl groups is 2. The summed E-state index contributed by atoms with van der Waals surface area (Å²) in [4.78, 5) is 25.6. The van der Waals surface area contributed by atoms with Crippen molar-refractivity contribution >= 4 is 28.7 Å². The van der Waals surface area contributed by atoms with Crippen LogP contribution in [0.2, 0.25) is 0 Å². The van der Waals surface area contributed by atoms with E-state index in [0.29, 0.717) is 18.7 Å². The maximum atomic E-state index is 12.0. The minimum Gasteiger partial charge on any atom is -0.483 e.